The van der Waals surface area contributed by atoms with Crippen LogP contribution in [0.4, 0.5) is 0 Å². The van der Waals surface area contributed by atoms with Gasteiger partial charge in [-0.2, -0.15) is 0 Å². The summed E-state index contributed by atoms with van der Waals surface area (Å²) < 4.78 is 16.3. The zero-order valence-corrected chi connectivity index (χ0v) is 9.53. The third-order valence-electron chi connectivity index (χ3n) is 2.01. The first-order chi connectivity index (χ1) is 7.31. The zero-order valence-electron chi connectivity index (χ0n) is 9.53. The molecule has 0 aromatic heterocycles. The van der Waals surface area contributed by atoms with Crippen molar-refractivity contribution in [3.63, 3.8) is 0 Å². The second kappa shape index (κ2) is 6.30. The van der Waals surface area contributed by atoms with E-state index in [-0.39, 0.29) is 6.29 Å². The van der Waals surface area contributed by atoms with Crippen LogP contribution in [-0.4, -0.2) is 20.0 Å². The summed E-state index contributed by atoms with van der Waals surface area (Å²) in [5.41, 5.74) is 0. The minimum atomic E-state index is -0.203. The Morgan fingerprint density at radius 1 is 1.13 bits per heavy atom. The SMILES string of the molecule is CCOC(CC)Oc1ccccc1OC. The van der Waals surface area contributed by atoms with Crippen LogP contribution in [0.1, 0.15) is 20.3 Å². The highest BCUT2D eigenvalue weighted by atomic mass is 16.7. The van der Waals surface area contributed by atoms with Crippen LogP contribution in [0, 0.1) is 0 Å². The number of hydrogen-bond acceptors (Lipinski definition) is 3. The Hall–Kier alpha value is -1.22. The summed E-state index contributed by atoms with van der Waals surface area (Å²) in [6.45, 7) is 4.62. The van der Waals surface area contributed by atoms with Crippen molar-refractivity contribution in [1.82, 2.24) is 0 Å². The minimum Gasteiger partial charge on any atom is -0.493 e. The molecule has 3 heteroatoms. The fourth-order valence-electron chi connectivity index (χ4n) is 1.28. The summed E-state index contributed by atoms with van der Waals surface area (Å²) in [6.07, 6.45) is 0.609. The van der Waals surface area contributed by atoms with Crippen LogP contribution < -0.4 is 9.47 Å². The topological polar surface area (TPSA) is 27.7 Å². The first-order valence-electron chi connectivity index (χ1n) is 5.23. The van der Waals surface area contributed by atoms with Crippen molar-refractivity contribution in [1.29, 1.82) is 0 Å². The van der Waals surface area contributed by atoms with Gasteiger partial charge in [0.1, 0.15) is 0 Å². The monoisotopic (exact) mass is 210 g/mol. The van der Waals surface area contributed by atoms with Gasteiger partial charge in [-0.1, -0.05) is 19.1 Å². The molecule has 0 saturated heterocycles. The van der Waals surface area contributed by atoms with Crippen LogP contribution in [-0.2, 0) is 4.74 Å². The third kappa shape index (κ3) is 3.44. The molecule has 1 unspecified atom stereocenters. The summed E-state index contributed by atoms with van der Waals surface area (Å²) in [5.74, 6) is 1.45. The number of methoxy groups -OCH3 is 1. The Morgan fingerprint density at radius 3 is 2.33 bits per heavy atom. The first-order valence-corrected chi connectivity index (χ1v) is 5.23. The van der Waals surface area contributed by atoms with Gasteiger partial charge in [0.15, 0.2) is 17.8 Å². The highest BCUT2D eigenvalue weighted by molar-refractivity contribution is 5.39. The molecular weight excluding hydrogens is 192 g/mol. The maximum atomic E-state index is 5.68. The van der Waals surface area contributed by atoms with Crippen LogP contribution in [0.15, 0.2) is 24.3 Å². The Balaban J connectivity index is 2.69. The Morgan fingerprint density at radius 2 is 1.80 bits per heavy atom. The Bertz CT molecular complexity index is 286. The van der Waals surface area contributed by atoms with Gasteiger partial charge in [0.25, 0.3) is 0 Å². The summed E-state index contributed by atoms with van der Waals surface area (Å²) >= 11 is 0. The van der Waals surface area contributed by atoms with Crippen molar-refractivity contribution in [2.75, 3.05) is 13.7 Å². The van der Waals surface area contributed by atoms with Gasteiger partial charge in [-0.05, 0) is 19.1 Å². The predicted molar refractivity (Wildman–Crippen MR) is 59.3 cm³/mol. The van der Waals surface area contributed by atoms with E-state index >= 15 is 0 Å². The average molecular weight is 210 g/mol. The number of benzene rings is 1. The van der Waals surface area contributed by atoms with Crippen molar-refractivity contribution in [3.8, 4) is 11.5 Å². The summed E-state index contributed by atoms with van der Waals surface area (Å²) in [5, 5.41) is 0. The molecule has 1 atom stereocenters. The van der Waals surface area contributed by atoms with Crippen LogP contribution >= 0.6 is 0 Å². The largest absolute Gasteiger partial charge is 0.493 e. The molecule has 0 aliphatic carbocycles. The van der Waals surface area contributed by atoms with E-state index in [9.17, 15) is 0 Å². The molecule has 0 aliphatic rings. The molecule has 0 fully saturated rings. The molecule has 84 valence electrons. The lowest BCUT2D eigenvalue weighted by Gasteiger charge is -2.18. The first kappa shape index (κ1) is 11.9. The Kier molecular flexibility index (Phi) is 4.98. The molecule has 1 rings (SSSR count). The fraction of sp³-hybridized carbons (Fsp3) is 0.500. The molecule has 0 radical (unpaired) electrons. The number of hydrogen-bond donors (Lipinski definition) is 0. The third-order valence-corrected chi connectivity index (χ3v) is 2.01. The summed E-state index contributed by atoms with van der Waals surface area (Å²) in [6, 6.07) is 7.57. The second-order valence-corrected chi connectivity index (χ2v) is 3.06. The van der Waals surface area contributed by atoms with Gasteiger partial charge in [0, 0.05) is 13.0 Å². The van der Waals surface area contributed by atoms with E-state index in [1.807, 2.05) is 38.1 Å². The standard InChI is InChI=1S/C12H18O3/c1-4-12(14-5-2)15-11-9-7-6-8-10(11)13-3/h6-9,12H,4-5H2,1-3H3. The van der Waals surface area contributed by atoms with Gasteiger partial charge in [-0.3, -0.25) is 0 Å². The predicted octanol–water partition coefficient (Wildman–Crippen LogP) is 2.85. The van der Waals surface area contributed by atoms with E-state index in [0.29, 0.717) is 6.61 Å². The maximum absolute atomic E-state index is 5.68. The van der Waals surface area contributed by atoms with Gasteiger partial charge in [-0.25, -0.2) is 0 Å². The molecular formula is C12H18O3. The lowest BCUT2D eigenvalue weighted by molar-refractivity contribution is -0.0775. The van der Waals surface area contributed by atoms with Crippen molar-refractivity contribution in [3.05, 3.63) is 24.3 Å². The van der Waals surface area contributed by atoms with Crippen LogP contribution in [0.2, 0.25) is 0 Å². The van der Waals surface area contributed by atoms with Crippen LogP contribution in [0.5, 0.6) is 11.5 Å². The van der Waals surface area contributed by atoms with Gasteiger partial charge in [-0.15, -0.1) is 0 Å². The highest BCUT2D eigenvalue weighted by Crippen LogP contribution is 2.27. The van der Waals surface area contributed by atoms with Crippen molar-refractivity contribution >= 4 is 0 Å². The van der Waals surface area contributed by atoms with Gasteiger partial charge in [0.05, 0.1) is 7.11 Å². The highest BCUT2D eigenvalue weighted by Gasteiger charge is 2.10. The van der Waals surface area contributed by atoms with Crippen LogP contribution in [0.25, 0.3) is 0 Å². The number of rotatable bonds is 6. The molecule has 0 amide bonds. The van der Waals surface area contributed by atoms with Gasteiger partial charge < -0.3 is 14.2 Å². The molecule has 15 heavy (non-hydrogen) atoms. The van der Waals surface area contributed by atoms with Gasteiger partial charge >= 0.3 is 0 Å². The molecule has 0 N–H and O–H groups in total. The molecule has 1 aromatic rings. The van der Waals surface area contributed by atoms with Crippen molar-refractivity contribution in [2.45, 2.75) is 26.6 Å². The quantitative estimate of drug-likeness (QED) is 0.676. The van der Waals surface area contributed by atoms with E-state index in [2.05, 4.69) is 0 Å². The normalized spacial score (nSPS) is 12.2. The fourth-order valence-corrected chi connectivity index (χ4v) is 1.28. The van der Waals surface area contributed by atoms with E-state index in [1.165, 1.54) is 0 Å². The molecule has 0 aliphatic heterocycles. The molecule has 3 nitrogen and oxygen atoms in total. The second-order valence-electron chi connectivity index (χ2n) is 3.06. The molecule has 0 heterocycles. The van der Waals surface area contributed by atoms with E-state index < -0.39 is 0 Å². The smallest absolute Gasteiger partial charge is 0.199 e. The number of ether oxygens (including phenoxy) is 3. The lowest BCUT2D eigenvalue weighted by Crippen LogP contribution is -2.19. The van der Waals surface area contributed by atoms with Crippen LogP contribution in [0.3, 0.4) is 0 Å². The van der Waals surface area contributed by atoms with E-state index in [1.54, 1.807) is 7.11 Å². The molecule has 1 aromatic carbocycles. The van der Waals surface area contributed by atoms with Crippen molar-refractivity contribution < 1.29 is 14.2 Å². The summed E-state index contributed by atoms with van der Waals surface area (Å²) in [7, 11) is 1.63. The average Bonchev–Trinajstić information content (AvgIpc) is 2.29. The molecule has 0 saturated carbocycles. The summed E-state index contributed by atoms with van der Waals surface area (Å²) in [4.78, 5) is 0. The number of para-hydroxylation sites is 2. The van der Waals surface area contributed by atoms with E-state index in [4.69, 9.17) is 14.2 Å². The van der Waals surface area contributed by atoms with E-state index in [0.717, 1.165) is 17.9 Å². The molecule has 0 spiro atoms. The zero-order chi connectivity index (χ0) is 11.1. The lowest BCUT2D eigenvalue weighted by atomic mass is 10.3. The Labute approximate surface area is 91.0 Å². The van der Waals surface area contributed by atoms with Gasteiger partial charge in [0.2, 0.25) is 0 Å². The molecule has 0 bridgehead atoms. The minimum absolute atomic E-state index is 0.203. The van der Waals surface area contributed by atoms with Crippen molar-refractivity contribution in [2.24, 2.45) is 0 Å². The maximum Gasteiger partial charge on any atom is 0.199 e.